The summed E-state index contributed by atoms with van der Waals surface area (Å²) >= 11 is 0. The van der Waals surface area contributed by atoms with E-state index in [-0.39, 0.29) is 6.16 Å². The molecule has 0 saturated heterocycles. The van der Waals surface area contributed by atoms with E-state index in [4.69, 9.17) is 18.5 Å². The molecule has 0 rings (SSSR count). The fraction of sp³-hybridized carbons (Fsp3) is 0.800. The molecule has 5 nitrogen and oxygen atoms in total. The SMILES string of the molecule is CCOC(C#CCP(=O)(OC)OC)OCC. The third-order valence-electron chi connectivity index (χ3n) is 1.69. The van der Waals surface area contributed by atoms with Crippen LogP contribution in [0.15, 0.2) is 0 Å². The van der Waals surface area contributed by atoms with Crippen molar-refractivity contribution in [3.8, 4) is 11.8 Å². The summed E-state index contributed by atoms with van der Waals surface area (Å²) < 4.78 is 31.5. The summed E-state index contributed by atoms with van der Waals surface area (Å²) in [6, 6.07) is 0. The highest BCUT2D eigenvalue weighted by Gasteiger charge is 2.18. The summed E-state index contributed by atoms with van der Waals surface area (Å²) in [6.45, 7) is 4.71. The first kappa shape index (κ1) is 15.6. The maximum atomic E-state index is 11.6. The van der Waals surface area contributed by atoms with E-state index in [0.29, 0.717) is 13.2 Å². The Balaban J connectivity index is 4.28. The first-order chi connectivity index (χ1) is 7.61. The maximum Gasteiger partial charge on any atom is 0.341 e. The molecule has 0 aromatic heterocycles. The van der Waals surface area contributed by atoms with Crippen LogP contribution in [0.5, 0.6) is 0 Å². The molecule has 0 bridgehead atoms. The van der Waals surface area contributed by atoms with Crippen LogP contribution in [-0.4, -0.2) is 39.9 Å². The highest BCUT2D eigenvalue weighted by Crippen LogP contribution is 2.45. The normalized spacial score (nSPS) is 11.3. The Hall–Kier alpha value is -0.370. The van der Waals surface area contributed by atoms with Gasteiger partial charge in [0.25, 0.3) is 0 Å². The summed E-state index contributed by atoms with van der Waals surface area (Å²) in [5.74, 6) is 5.40. The van der Waals surface area contributed by atoms with Crippen LogP contribution in [0.3, 0.4) is 0 Å². The Labute approximate surface area is 96.9 Å². The lowest BCUT2D eigenvalue weighted by molar-refractivity contribution is -0.0970. The molecule has 6 heteroatoms. The van der Waals surface area contributed by atoms with Crippen molar-refractivity contribution in [2.75, 3.05) is 33.6 Å². The molecule has 0 N–H and O–H groups in total. The highest BCUT2D eigenvalue weighted by molar-refractivity contribution is 7.54. The van der Waals surface area contributed by atoms with Crippen molar-refractivity contribution >= 4 is 7.60 Å². The van der Waals surface area contributed by atoms with Gasteiger partial charge >= 0.3 is 7.60 Å². The molecule has 0 unspecified atom stereocenters. The first-order valence-electron chi connectivity index (χ1n) is 5.04. The smallest absolute Gasteiger partial charge is 0.341 e. The van der Waals surface area contributed by atoms with Crippen molar-refractivity contribution in [3.63, 3.8) is 0 Å². The molecule has 0 spiro atoms. The molecule has 0 radical (unpaired) electrons. The molecular formula is C10H19O5P. The van der Waals surface area contributed by atoms with Crippen LogP contribution in [-0.2, 0) is 23.1 Å². The van der Waals surface area contributed by atoms with Gasteiger partial charge in [-0.3, -0.25) is 4.57 Å². The summed E-state index contributed by atoms with van der Waals surface area (Å²) in [4.78, 5) is 0. The molecule has 0 saturated carbocycles. The van der Waals surface area contributed by atoms with Gasteiger partial charge in [0.05, 0.1) is 0 Å². The van der Waals surface area contributed by atoms with Gasteiger partial charge in [-0.05, 0) is 19.8 Å². The topological polar surface area (TPSA) is 54.0 Å². The molecule has 0 aliphatic heterocycles. The second-order valence-corrected chi connectivity index (χ2v) is 4.97. The maximum absolute atomic E-state index is 11.6. The van der Waals surface area contributed by atoms with E-state index < -0.39 is 13.9 Å². The second kappa shape index (κ2) is 8.74. The van der Waals surface area contributed by atoms with E-state index >= 15 is 0 Å². The minimum atomic E-state index is -3.06. The van der Waals surface area contributed by atoms with E-state index in [1.165, 1.54) is 14.2 Å². The predicted octanol–water partition coefficient (Wildman–Crippen LogP) is 1.87. The third-order valence-corrected chi connectivity index (χ3v) is 3.34. The van der Waals surface area contributed by atoms with E-state index in [1.807, 2.05) is 13.8 Å². The fourth-order valence-corrected chi connectivity index (χ4v) is 1.56. The summed E-state index contributed by atoms with van der Waals surface area (Å²) in [5, 5.41) is 0. The predicted molar refractivity (Wildman–Crippen MR) is 61.3 cm³/mol. The quantitative estimate of drug-likeness (QED) is 0.392. The highest BCUT2D eigenvalue weighted by atomic mass is 31.2. The lowest BCUT2D eigenvalue weighted by Gasteiger charge is -2.11. The van der Waals surface area contributed by atoms with Gasteiger partial charge in [-0.1, -0.05) is 5.92 Å². The zero-order valence-corrected chi connectivity index (χ0v) is 11.1. The van der Waals surface area contributed by atoms with Crippen LogP contribution in [0.25, 0.3) is 0 Å². The van der Waals surface area contributed by atoms with Crippen molar-refractivity contribution in [3.05, 3.63) is 0 Å². The number of hydrogen-bond acceptors (Lipinski definition) is 5. The zero-order chi connectivity index (χ0) is 12.4. The van der Waals surface area contributed by atoms with E-state index in [2.05, 4.69) is 11.8 Å². The molecule has 0 fully saturated rings. The Morgan fingerprint density at radius 1 is 1.12 bits per heavy atom. The van der Waals surface area contributed by atoms with Gasteiger partial charge in [0.1, 0.15) is 6.16 Å². The van der Waals surface area contributed by atoms with Crippen LogP contribution in [0.2, 0.25) is 0 Å². The Morgan fingerprint density at radius 3 is 2.00 bits per heavy atom. The van der Waals surface area contributed by atoms with Crippen molar-refractivity contribution in [1.82, 2.24) is 0 Å². The van der Waals surface area contributed by atoms with Crippen LogP contribution >= 0.6 is 7.60 Å². The standard InChI is InChI=1S/C10H19O5P/c1-5-14-10(15-6-2)8-7-9-16(11,12-3)13-4/h10H,5-6,9H2,1-4H3. The lowest BCUT2D eigenvalue weighted by Crippen LogP contribution is -2.14. The Morgan fingerprint density at radius 2 is 1.62 bits per heavy atom. The monoisotopic (exact) mass is 250 g/mol. The van der Waals surface area contributed by atoms with Crippen molar-refractivity contribution in [2.45, 2.75) is 20.1 Å². The van der Waals surface area contributed by atoms with Crippen molar-refractivity contribution in [2.24, 2.45) is 0 Å². The molecule has 16 heavy (non-hydrogen) atoms. The second-order valence-electron chi connectivity index (χ2n) is 2.70. The van der Waals surface area contributed by atoms with Crippen LogP contribution in [0, 0.1) is 11.8 Å². The van der Waals surface area contributed by atoms with Crippen molar-refractivity contribution < 1.29 is 23.1 Å². The summed E-state index contributed by atoms with van der Waals surface area (Å²) in [7, 11) is -0.404. The van der Waals surface area contributed by atoms with E-state index in [0.717, 1.165) is 0 Å². The zero-order valence-electron chi connectivity index (χ0n) is 10.2. The van der Waals surface area contributed by atoms with Gasteiger partial charge in [0, 0.05) is 27.4 Å². The van der Waals surface area contributed by atoms with Gasteiger partial charge in [-0.2, -0.15) is 0 Å². The van der Waals surface area contributed by atoms with Gasteiger partial charge in [0.2, 0.25) is 6.29 Å². The molecule has 0 aliphatic carbocycles. The molecule has 0 aliphatic rings. The van der Waals surface area contributed by atoms with Gasteiger partial charge in [-0.25, -0.2) is 0 Å². The Kier molecular flexibility index (Phi) is 8.54. The van der Waals surface area contributed by atoms with E-state index in [1.54, 1.807) is 0 Å². The number of ether oxygens (including phenoxy) is 2. The molecule has 0 heterocycles. The summed E-state index contributed by atoms with van der Waals surface area (Å²) in [5.41, 5.74) is 0. The third kappa shape index (κ3) is 6.26. The van der Waals surface area contributed by atoms with Gasteiger partial charge in [-0.15, -0.1) is 0 Å². The van der Waals surface area contributed by atoms with Gasteiger partial charge in [0.15, 0.2) is 0 Å². The first-order valence-corrected chi connectivity index (χ1v) is 6.76. The number of hydrogen-bond donors (Lipinski definition) is 0. The average molecular weight is 250 g/mol. The van der Waals surface area contributed by atoms with Crippen LogP contribution in [0.1, 0.15) is 13.8 Å². The fourth-order valence-electron chi connectivity index (χ4n) is 0.864. The number of rotatable bonds is 7. The van der Waals surface area contributed by atoms with Crippen molar-refractivity contribution in [1.29, 1.82) is 0 Å². The molecule has 0 aromatic rings. The molecule has 0 aromatic carbocycles. The van der Waals surface area contributed by atoms with E-state index in [9.17, 15) is 4.57 Å². The average Bonchev–Trinajstić information content (AvgIpc) is 2.29. The molecular weight excluding hydrogens is 231 g/mol. The molecule has 94 valence electrons. The minimum absolute atomic E-state index is 0.0245. The molecule has 0 atom stereocenters. The Bertz CT molecular complexity index is 267. The minimum Gasteiger partial charge on any atom is -0.342 e. The summed E-state index contributed by atoms with van der Waals surface area (Å²) in [6.07, 6.45) is -0.562. The van der Waals surface area contributed by atoms with Crippen LogP contribution in [0.4, 0.5) is 0 Å². The lowest BCUT2D eigenvalue weighted by atomic mass is 10.6. The molecule has 0 amide bonds. The largest absolute Gasteiger partial charge is 0.342 e. The van der Waals surface area contributed by atoms with Gasteiger partial charge < -0.3 is 18.5 Å². The van der Waals surface area contributed by atoms with Crippen LogP contribution < -0.4 is 0 Å².